The van der Waals surface area contributed by atoms with E-state index in [-0.39, 0.29) is 42.8 Å². The molecule has 2 bridgehead atoms. The van der Waals surface area contributed by atoms with E-state index in [9.17, 15) is 24.6 Å². The zero-order valence-electron chi connectivity index (χ0n) is 35.0. The molecule has 3 aromatic rings. The molecule has 4 aliphatic rings. The van der Waals surface area contributed by atoms with Crippen LogP contribution < -0.4 is 20.3 Å². The molecule has 1 saturated heterocycles. The standard InChI is InChI=1S/C43H61N7O7/c1-24-33-17-29(43(33,3)4)18-34(24)45-41(54)38-37(25(2)52)36(22-51)57-50(38)21-26-12-11-13-32(39(26)56-10)27-14-28(16-30(15-27)47(5)6)40(53)46-35(42(55)48(7)8)19-31-20-44-23-49(31)9/h11-16,20,23-25,29,33-38,51-52H,17-19,21-22H2,1-10H3,(H,45,54)(H,46,53)/t24-,25-,29+,33-,34-,35-,36-,37-,38-/m0/s1. The number of hydrogen-bond acceptors (Lipinski definition) is 10. The first-order valence-corrected chi connectivity index (χ1v) is 19.9. The summed E-state index contributed by atoms with van der Waals surface area (Å²) in [6.07, 6.45) is 3.98. The first-order chi connectivity index (χ1) is 27.0. The van der Waals surface area contributed by atoms with E-state index in [1.165, 1.54) is 11.3 Å². The molecule has 57 heavy (non-hydrogen) atoms. The molecule has 3 saturated carbocycles. The SMILES string of the molecule is COc1c(CN2O[C@@H](CO)[C@H]([C@H](C)O)[C@H]2C(=O)N[C@H]2C[C@H]3C[C@@H]([C@@H]2C)C3(C)C)cccc1-c1cc(C(=O)N[C@@H](Cc2cncn2C)C(=O)N(C)C)cc(N(C)C)c1. The van der Waals surface area contributed by atoms with E-state index < -0.39 is 36.1 Å². The van der Waals surface area contributed by atoms with Crippen molar-refractivity contribution >= 4 is 23.4 Å². The van der Waals surface area contributed by atoms with Crippen molar-refractivity contribution in [1.82, 2.24) is 30.1 Å². The number of ether oxygens (including phenoxy) is 1. The Labute approximate surface area is 336 Å². The molecule has 14 nitrogen and oxygen atoms in total. The fourth-order valence-electron chi connectivity index (χ4n) is 9.53. The van der Waals surface area contributed by atoms with Crippen molar-refractivity contribution in [2.75, 3.05) is 46.8 Å². The molecule has 7 rings (SSSR count). The lowest BCUT2D eigenvalue weighted by molar-refractivity contribution is -0.183. The Morgan fingerprint density at radius 2 is 1.86 bits per heavy atom. The molecule has 310 valence electrons. The lowest BCUT2D eigenvalue weighted by Crippen LogP contribution is -2.62. The molecule has 1 aromatic heterocycles. The number of aryl methyl sites for hydroxylation is 1. The molecule has 2 aromatic carbocycles. The van der Waals surface area contributed by atoms with E-state index in [4.69, 9.17) is 9.57 Å². The second-order valence-corrected chi connectivity index (χ2v) is 17.4. The van der Waals surface area contributed by atoms with Crippen molar-refractivity contribution in [2.45, 2.75) is 83.8 Å². The summed E-state index contributed by atoms with van der Waals surface area (Å²) in [5.41, 5.74) is 4.29. The van der Waals surface area contributed by atoms with Gasteiger partial charge in [0.2, 0.25) is 11.8 Å². The van der Waals surface area contributed by atoms with Crippen molar-refractivity contribution in [3.8, 4) is 16.9 Å². The number of benzene rings is 2. The van der Waals surface area contributed by atoms with Gasteiger partial charge in [0.1, 0.15) is 23.9 Å². The molecule has 4 N–H and O–H groups in total. The van der Waals surface area contributed by atoms with E-state index in [1.54, 1.807) is 57.8 Å². The number of methoxy groups -OCH3 is 1. The third-order valence-electron chi connectivity index (χ3n) is 13.1. The Balaban J connectivity index is 1.30. The molecule has 3 aliphatic carbocycles. The number of amides is 3. The molecular weight excluding hydrogens is 727 g/mol. The number of aliphatic hydroxyl groups is 2. The van der Waals surface area contributed by atoms with Crippen LogP contribution in [-0.2, 0) is 34.4 Å². The third kappa shape index (κ3) is 8.27. The number of likely N-dealkylation sites (N-methyl/N-ethyl adjacent to an activating group) is 1. The van der Waals surface area contributed by atoms with Crippen LogP contribution in [0, 0.1) is 29.1 Å². The van der Waals surface area contributed by atoms with Gasteiger partial charge in [-0.25, -0.2) is 4.98 Å². The van der Waals surface area contributed by atoms with Crippen molar-refractivity contribution < 1.29 is 34.2 Å². The van der Waals surface area contributed by atoms with E-state index in [2.05, 4.69) is 36.4 Å². The lowest BCUT2D eigenvalue weighted by Gasteiger charge is -2.62. The average Bonchev–Trinajstić information content (AvgIpc) is 3.76. The van der Waals surface area contributed by atoms with Crippen LogP contribution in [0.25, 0.3) is 11.1 Å². The summed E-state index contributed by atoms with van der Waals surface area (Å²) in [5.74, 6) is 0.358. The molecule has 0 unspecified atom stereocenters. The fraction of sp³-hybridized carbons (Fsp3) is 0.581. The quantitative estimate of drug-likeness (QED) is 0.191. The number of hydroxylamine groups is 2. The molecule has 9 atom stereocenters. The van der Waals surface area contributed by atoms with Crippen molar-refractivity contribution in [3.63, 3.8) is 0 Å². The summed E-state index contributed by atoms with van der Waals surface area (Å²) in [5, 5.41) is 29.2. The highest BCUT2D eigenvalue weighted by molar-refractivity contribution is 5.99. The number of imidazole rings is 1. The Kier molecular flexibility index (Phi) is 12.4. The molecule has 1 aliphatic heterocycles. The number of anilines is 1. The predicted molar refractivity (Wildman–Crippen MR) is 217 cm³/mol. The number of nitrogens with one attached hydrogen (secondary N) is 2. The first-order valence-electron chi connectivity index (χ1n) is 19.9. The maximum absolute atomic E-state index is 14.3. The highest BCUT2D eigenvalue weighted by Gasteiger charge is 2.57. The van der Waals surface area contributed by atoms with Gasteiger partial charge in [-0.05, 0) is 66.7 Å². The second kappa shape index (κ2) is 16.8. The molecular formula is C43H61N7O7. The van der Waals surface area contributed by atoms with Crippen molar-refractivity contribution in [3.05, 3.63) is 65.7 Å². The molecule has 0 radical (unpaired) electrons. The number of carbonyl (C=O) groups is 3. The average molecular weight is 788 g/mol. The Morgan fingerprint density at radius 1 is 1.12 bits per heavy atom. The van der Waals surface area contributed by atoms with Gasteiger partial charge in [-0.15, -0.1) is 0 Å². The summed E-state index contributed by atoms with van der Waals surface area (Å²) in [6, 6.07) is 9.50. The highest BCUT2D eigenvalue weighted by atomic mass is 16.7. The topological polar surface area (TPSA) is 162 Å². The fourth-order valence-corrected chi connectivity index (χ4v) is 9.53. The summed E-state index contributed by atoms with van der Waals surface area (Å²) in [6.45, 7) is 8.26. The van der Waals surface area contributed by atoms with Gasteiger partial charge >= 0.3 is 0 Å². The Bertz CT molecular complexity index is 1940. The van der Waals surface area contributed by atoms with Crippen molar-refractivity contribution in [2.24, 2.45) is 36.1 Å². The maximum atomic E-state index is 14.3. The lowest BCUT2D eigenvalue weighted by atomic mass is 9.45. The second-order valence-electron chi connectivity index (χ2n) is 17.4. The summed E-state index contributed by atoms with van der Waals surface area (Å²) in [7, 11) is 10.5. The summed E-state index contributed by atoms with van der Waals surface area (Å²) in [4.78, 5) is 55.4. The monoisotopic (exact) mass is 787 g/mol. The smallest absolute Gasteiger partial charge is 0.252 e. The summed E-state index contributed by atoms with van der Waals surface area (Å²) < 4.78 is 7.90. The maximum Gasteiger partial charge on any atom is 0.252 e. The van der Waals surface area contributed by atoms with Crippen LogP contribution in [0.5, 0.6) is 5.75 Å². The van der Waals surface area contributed by atoms with Gasteiger partial charge < -0.3 is 40.0 Å². The number of aliphatic hydroxyl groups excluding tert-OH is 2. The van der Waals surface area contributed by atoms with E-state index >= 15 is 0 Å². The van der Waals surface area contributed by atoms with Crippen LogP contribution in [0.4, 0.5) is 5.69 Å². The van der Waals surface area contributed by atoms with Crippen LogP contribution in [0.2, 0.25) is 0 Å². The predicted octanol–water partition coefficient (Wildman–Crippen LogP) is 3.25. The number of para-hydroxylation sites is 1. The van der Waals surface area contributed by atoms with Gasteiger partial charge in [0.25, 0.3) is 5.91 Å². The minimum absolute atomic E-state index is 0.0126. The number of rotatable bonds is 14. The van der Waals surface area contributed by atoms with Gasteiger partial charge in [0.15, 0.2) is 0 Å². The van der Waals surface area contributed by atoms with Crippen molar-refractivity contribution in [1.29, 1.82) is 0 Å². The van der Waals surface area contributed by atoms with E-state index in [0.717, 1.165) is 17.8 Å². The summed E-state index contributed by atoms with van der Waals surface area (Å²) >= 11 is 0. The van der Waals surface area contributed by atoms with Gasteiger partial charge in [-0.2, -0.15) is 5.06 Å². The Morgan fingerprint density at radius 3 is 2.44 bits per heavy atom. The van der Waals surface area contributed by atoms with Crippen LogP contribution >= 0.6 is 0 Å². The van der Waals surface area contributed by atoms with Gasteiger partial charge in [0.05, 0.1) is 32.7 Å². The minimum atomic E-state index is -0.928. The number of carbonyl (C=O) groups excluding carboxylic acids is 3. The van der Waals surface area contributed by atoms with E-state index in [1.807, 2.05) is 54.9 Å². The largest absolute Gasteiger partial charge is 0.496 e. The number of nitrogens with zero attached hydrogens (tertiary/aromatic N) is 5. The van der Waals surface area contributed by atoms with Gasteiger partial charge in [-0.3, -0.25) is 19.2 Å². The first kappa shape index (κ1) is 42.1. The van der Waals surface area contributed by atoms with Crippen LogP contribution in [0.15, 0.2) is 48.9 Å². The number of hydrogen-bond donors (Lipinski definition) is 4. The number of aromatic nitrogens is 2. The molecule has 4 fully saturated rings. The highest BCUT2D eigenvalue weighted by Crippen LogP contribution is 2.61. The normalized spacial score (nSPS) is 26.2. The third-order valence-corrected chi connectivity index (χ3v) is 13.1. The minimum Gasteiger partial charge on any atom is -0.496 e. The molecule has 3 amide bonds. The molecule has 14 heteroatoms. The number of fused-ring (bicyclic) bond motifs is 2. The van der Waals surface area contributed by atoms with Gasteiger partial charge in [-0.1, -0.05) is 39.0 Å². The van der Waals surface area contributed by atoms with Crippen LogP contribution in [0.1, 0.15) is 62.2 Å². The van der Waals surface area contributed by atoms with Crippen LogP contribution in [0.3, 0.4) is 0 Å². The Hall–Kier alpha value is -4.50. The molecule has 0 spiro atoms. The molecule has 2 heterocycles. The van der Waals surface area contributed by atoms with Crippen LogP contribution in [-0.4, -0.2) is 120 Å². The zero-order valence-corrected chi connectivity index (χ0v) is 35.0. The van der Waals surface area contributed by atoms with Gasteiger partial charge in [0, 0.05) is 87.9 Å². The van der Waals surface area contributed by atoms with E-state index in [0.29, 0.717) is 45.8 Å². The zero-order chi connectivity index (χ0) is 41.5.